The fourth-order valence-corrected chi connectivity index (χ4v) is 1.03. The molecule has 0 fully saturated rings. The maximum absolute atomic E-state index is 7.37. The molecule has 1 rings (SSSR count). The predicted molar refractivity (Wildman–Crippen MR) is 36.8 cm³/mol. The fourth-order valence-electron chi connectivity index (χ4n) is 1.03. The average Bonchev–Trinajstić information content (AvgIpc) is 1.79. The molecule has 0 N–H and O–H groups in total. The van der Waals surface area contributed by atoms with Gasteiger partial charge in [-0.15, -0.1) is 0 Å². The zero-order valence-electron chi connectivity index (χ0n) is 6.32. The molecule has 0 nitrogen and oxygen atoms in total. The Morgan fingerprint density at radius 2 is 1.75 bits per heavy atom. The summed E-state index contributed by atoms with van der Waals surface area (Å²) in [4.78, 5) is 0. The second-order valence-corrected chi connectivity index (χ2v) is 2.36. The minimum Gasteiger partial charge on any atom is -0.0885 e. The molecule has 0 radical (unpaired) electrons. The van der Waals surface area contributed by atoms with Crippen molar-refractivity contribution in [3.8, 4) is 0 Å². The van der Waals surface area contributed by atoms with Crippen LogP contribution in [0, 0.1) is 0 Å². The van der Waals surface area contributed by atoms with Crippen molar-refractivity contribution in [1.82, 2.24) is 0 Å². The van der Waals surface area contributed by atoms with Gasteiger partial charge in [-0.1, -0.05) is 25.0 Å². The van der Waals surface area contributed by atoms with Gasteiger partial charge in [0.25, 0.3) is 0 Å². The van der Waals surface area contributed by atoms with Crippen LogP contribution in [-0.4, -0.2) is 0 Å². The van der Waals surface area contributed by atoms with Crippen LogP contribution in [0.4, 0.5) is 0 Å². The number of rotatable bonds is 0. The van der Waals surface area contributed by atoms with Crippen LogP contribution in [-0.2, 0) is 0 Å². The maximum atomic E-state index is 7.37. The van der Waals surface area contributed by atoms with Gasteiger partial charge in [-0.25, -0.2) is 0 Å². The lowest BCUT2D eigenvalue weighted by atomic mass is 10.1. The molecule has 0 heterocycles. The summed E-state index contributed by atoms with van der Waals surface area (Å²) in [5.41, 5.74) is 0. The molecule has 0 aromatic heterocycles. The van der Waals surface area contributed by atoms with Crippen molar-refractivity contribution in [2.45, 2.75) is 38.5 Å². The summed E-state index contributed by atoms with van der Waals surface area (Å²) in [5.74, 6) is 0. The summed E-state index contributed by atoms with van der Waals surface area (Å²) in [6, 6.07) is 0.856. The second-order valence-electron chi connectivity index (χ2n) is 2.36. The molecular weight excluding hydrogens is 96.1 g/mol. The van der Waals surface area contributed by atoms with Crippen LogP contribution in [0.25, 0.3) is 0 Å². The highest BCUT2D eigenvalue weighted by Gasteiger charge is 1.89. The van der Waals surface area contributed by atoms with Crippen LogP contribution < -0.4 is 0 Å². The van der Waals surface area contributed by atoms with Gasteiger partial charge < -0.3 is 0 Å². The Hall–Kier alpha value is -0.260. The molecule has 0 bridgehead atoms. The van der Waals surface area contributed by atoms with Crippen molar-refractivity contribution in [1.29, 1.82) is 0 Å². The molecule has 46 valence electrons. The highest BCUT2D eigenvalue weighted by molar-refractivity contribution is 4.82. The third-order valence-corrected chi connectivity index (χ3v) is 1.56. The van der Waals surface area contributed by atoms with Gasteiger partial charge >= 0.3 is 0 Å². The van der Waals surface area contributed by atoms with Gasteiger partial charge in [0.1, 0.15) is 0 Å². The van der Waals surface area contributed by atoms with Gasteiger partial charge in [0.2, 0.25) is 0 Å². The largest absolute Gasteiger partial charge is 0.0885 e. The predicted octanol–water partition coefficient (Wildman–Crippen LogP) is 2.90. The second kappa shape index (κ2) is 3.71. The molecule has 0 spiro atoms. The van der Waals surface area contributed by atoms with Crippen LogP contribution in [0.15, 0.2) is 12.1 Å². The molecule has 8 heavy (non-hydrogen) atoms. The molecule has 0 amide bonds. The molecule has 0 aliphatic heterocycles. The first-order chi connectivity index (χ1) is 4.39. The van der Waals surface area contributed by atoms with Gasteiger partial charge in [0.15, 0.2) is 0 Å². The third kappa shape index (κ3) is 2.15. The highest BCUT2D eigenvalue weighted by Crippen LogP contribution is 2.09. The molecule has 0 aromatic carbocycles. The van der Waals surface area contributed by atoms with E-state index in [9.17, 15) is 0 Å². The summed E-state index contributed by atoms with van der Waals surface area (Å²) in [5, 5.41) is 0. The number of hydrogen-bond acceptors (Lipinski definition) is 0. The standard InChI is InChI=1S/C8H14/c1-2-4-6-8-7-5-3-1/h1-2H,3-8H2/b2-1-/i1D. The molecule has 0 heteroatoms. The van der Waals surface area contributed by atoms with Crippen LogP contribution in [0.5, 0.6) is 0 Å². The summed E-state index contributed by atoms with van der Waals surface area (Å²) in [6.07, 6.45) is 9.44. The van der Waals surface area contributed by atoms with E-state index in [1.54, 1.807) is 0 Å². The molecular formula is C8H14. The Labute approximate surface area is 53.0 Å². The Balaban J connectivity index is 2.32. The molecule has 0 saturated heterocycles. The Morgan fingerprint density at radius 3 is 2.62 bits per heavy atom. The number of allylic oxidation sites excluding steroid dienone is 2. The van der Waals surface area contributed by atoms with E-state index in [0.29, 0.717) is 0 Å². The van der Waals surface area contributed by atoms with Crippen molar-refractivity contribution >= 4 is 0 Å². The molecule has 1 aliphatic carbocycles. The maximum Gasteiger partial charge on any atom is 0.0572 e. The lowest BCUT2D eigenvalue weighted by Gasteiger charge is -2.00. The van der Waals surface area contributed by atoms with Gasteiger partial charge in [-0.05, 0) is 25.7 Å². The third-order valence-electron chi connectivity index (χ3n) is 1.56. The van der Waals surface area contributed by atoms with Crippen molar-refractivity contribution in [2.75, 3.05) is 0 Å². The zero-order valence-corrected chi connectivity index (χ0v) is 5.32. The Kier molecular flexibility index (Phi) is 2.13. The van der Waals surface area contributed by atoms with Gasteiger partial charge in [0.05, 0.1) is 1.37 Å². The van der Waals surface area contributed by atoms with Crippen molar-refractivity contribution in [3.63, 3.8) is 0 Å². The molecule has 0 atom stereocenters. The van der Waals surface area contributed by atoms with E-state index < -0.39 is 0 Å². The minimum absolute atomic E-state index is 0.856. The van der Waals surface area contributed by atoms with Crippen LogP contribution >= 0.6 is 0 Å². The molecule has 1 aliphatic rings. The van der Waals surface area contributed by atoms with E-state index in [0.717, 1.165) is 18.9 Å². The van der Waals surface area contributed by atoms with Crippen LogP contribution in [0.1, 0.15) is 39.9 Å². The minimum atomic E-state index is 0.856. The SMILES string of the molecule is [2H]/C1=C/CCCCCC1. The van der Waals surface area contributed by atoms with Gasteiger partial charge in [-0.3, -0.25) is 0 Å². The Morgan fingerprint density at radius 1 is 1.00 bits per heavy atom. The zero-order chi connectivity index (χ0) is 6.53. The van der Waals surface area contributed by atoms with E-state index in [-0.39, 0.29) is 0 Å². The molecule has 0 saturated carbocycles. The lowest BCUT2D eigenvalue weighted by Crippen LogP contribution is -1.80. The topological polar surface area (TPSA) is 0 Å². The first-order valence-electron chi connectivity index (χ1n) is 4.05. The van der Waals surface area contributed by atoms with E-state index >= 15 is 0 Å². The van der Waals surface area contributed by atoms with E-state index in [1.165, 1.54) is 25.7 Å². The molecule has 0 unspecified atom stereocenters. The van der Waals surface area contributed by atoms with Crippen LogP contribution in [0.2, 0.25) is 0 Å². The Bertz CT molecular complexity index is 105. The van der Waals surface area contributed by atoms with Crippen molar-refractivity contribution in [2.24, 2.45) is 0 Å². The fraction of sp³-hybridized carbons (Fsp3) is 0.750. The first-order valence-corrected chi connectivity index (χ1v) is 3.55. The number of hydrogen-bond donors (Lipinski definition) is 0. The van der Waals surface area contributed by atoms with E-state index in [1.807, 2.05) is 0 Å². The summed E-state index contributed by atoms with van der Waals surface area (Å²) in [6.45, 7) is 0. The lowest BCUT2D eigenvalue weighted by molar-refractivity contribution is 0.638. The quantitative estimate of drug-likeness (QED) is 0.422. The smallest absolute Gasteiger partial charge is 0.0572 e. The highest BCUT2D eigenvalue weighted by atomic mass is 14.0. The van der Waals surface area contributed by atoms with E-state index in [4.69, 9.17) is 1.37 Å². The van der Waals surface area contributed by atoms with Crippen molar-refractivity contribution < 1.29 is 1.37 Å². The monoisotopic (exact) mass is 111 g/mol. The normalized spacial score (nSPS) is 31.5. The summed E-state index contributed by atoms with van der Waals surface area (Å²) >= 11 is 0. The summed E-state index contributed by atoms with van der Waals surface area (Å²) < 4.78 is 7.37. The molecule has 0 aromatic rings. The van der Waals surface area contributed by atoms with Gasteiger partial charge in [0, 0.05) is 0 Å². The van der Waals surface area contributed by atoms with Gasteiger partial charge in [-0.2, -0.15) is 0 Å². The summed E-state index contributed by atoms with van der Waals surface area (Å²) in [7, 11) is 0. The van der Waals surface area contributed by atoms with Crippen LogP contribution in [0.3, 0.4) is 0 Å². The first kappa shape index (κ1) is 4.60. The van der Waals surface area contributed by atoms with E-state index in [2.05, 4.69) is 6.08 Å². The average molecular weight is 111 g/mol. The van der Waals surface area contributed by atoms with Crippen molar-refractivity contribution in [3.05, 3.63) is 12.1 Å².